The van der Waals surface area contributed by atoms with Crippen LogP contribution in [0.15, 0.2) is 48.5 Å². The van der Waals surface area contributed by atoms with Crippen LogP contribution in [-0.4, -0.2) is 24.5 Å². The highest BCUT2D eigenvalue weighted by Crippen LogP contribution is 2.42. The summed E-state index contributed by atoms with van der Waals surface area (Å²) in [6, 6.07) is 14.1. The maximum Gasteiger partial charge on any atom is 0.341 e. The number of halogens is 2. The number of thiophene rings is 1. The number of benzene rings is 2. The van der Waals surface area contributed by atoms with E-state index in [9.17, 15) is 14.4 Å². The SMILES string of the molecule is CCOC(=O)c1c(NC(=O)NC(=O)c2c(Cl)cccc2Cl)sc2c1CCC(c1ccccc1)C2. The molecule has 1 unspecified atom stereocenters. The van der Waals surface area contributed by atoms with Crippen molar-refractivity contribution in [3.8, 4) is 0 Å². The van der Waals surface area contributed by atoms with Crippen molar-refractivity contribution in [2.75, 3.05) is 11.9 Å². The molecule has 0 spiro atoms. The van der Waals surface area contributed by atoms with Gasteiger partial charge in [0.25, 0.3) is 5.91 Å². The molecule has 2 N–H and O–H groups in total. The van der Waals surface area contributed by atoms with Crippen LogP contribution in [0.1, 0.15) is 56.0 Å². The number of amides is 3. The summed E-state index contributed by atoms with van der Waals surface area (Å²) in [4.78, 5) is 39.1. The molecule has 3 aromatic rings. The van der Waals surface area contributed by atoms with E-state index in [1.165, 1.54) is 29.0 Å². The van der Waals surface area contributed by atoms with Crippen molar-refractivity contribution in [2.24, 2.45) is 0 Å². The molecule has 3 amide bonds. The minimum absolute atomic E-state index is 0.00257. The zero-order valence-corrected chi connectivity index (χ0v) is 20.7. The Morgan fingerprint density at radius 3 is 2.41 bits per heavy atom. The van der Waals surface area contributed by atoms with Crippen molar-refractivity contribution in [1.82, 2.24) is 5.32 Å². The fourth-order valence-corrected chi connectivity index (χ4v) is 6.00. The maximum absolute atomic E-state index is 12.8. The number of hydrogen-bond donors (Lipinski definition) is 2. The van der Waals surface area contributed by atoms with Gasteiger partial charge in [0.05, 0.1) is 27.8 Å². The average molecular weight is 517 g/mol. The van der Waals surface area contributed by atoms with E-state index in [0.717, 1.165) is 23.3 Å². The molecular weight excluding hydrogens is 495 g/mol. The molecule has 1 aliphatic carbocycles. The fraction of sp³-hybridized carbons (Fsp3) is 0.240. The van der Waals surface area contributed by atoms with Gasteiger partial charge in [0, 0.05) is 4.88 Å². The second kappa shape index (κ2) is 10.6. The Balaban J connectivity index is 1.57. The Bertz CT molecular complexity index is 1220. The molecule has 176 valence electrons. The molecular formula is C25H22Cl2N2O4S. The van der Waals surface area contributed by atoms with Gasteiger partial charge in [0.2, 0.25) is 0 Å². The van der Waals surface area contributed by atoms with Crippen LogP contribution >= 0.6 is 34.5 Å². The number of esters is 1. The molecule has 1 heterocycles. The summed E-state index contributed by atoms with van der Waals surface area (Å²) in [6.45, 7) is 1.94. The second-order valence-corrected chi connectivity index (χ2v) is 9.70. The Hall–Kier alpha value is -2.87. The highest BCUT2D eigenvalue weighted by Gasteiger charge is 2.31. The summed E-state index contributed by atoms with van der Waals surface area (Å²) in [7, 11) is 0. The smallest absolute Gasteiger partial charge is 0.341 e. The first-order chi connectivity index (χ1) is 16.4. The number of carbonyl (C=O) groups excluding carboxylic acids is 3. The van der Waals surface area contributed by atoms with Gasteiger partial charge in [-0.15, -0.1) is 11.3 Å². The van der Waals surface area contributed by atoms with Crippen molar-refractivity contribution < 1.29 is 19.1 Å². The largest absolute Gasteiger partial charge is 0.462 e. The second-order valence-electron chi connectivity index (χ2n) is 7.78. The summed E-state index contributed by atoms with van der Waals surface area (Å²) in [5, 5.41) is 5.51. The van der Waals surface area contributed by atoms with Crippen molar-refractivity contribution in [1.29, 1.82) is 0 Å². The van der Waals surface area contributed by atoms with Crippen LogP contribution < -0.4 is 10.6 Å². The number of rotatable bonds is 5. The van der Waals surface area contributed by atoms with Gasteiger partial charge >= 0.3 is 12.0 Å². The number of ether oxygens (including phenoxy) is 1. The zero-order valence-electron chi connectivity index (χ0n) is 18.3. The first-order valence-electron chi connectivity index (χ1n) is 10.8. The van der Waals surface area contributed by atoms with E-state index in [-0.39, 0.29) is 22.2 Å². The lowest BCUT2D eigenvalue weighted by molar-refractivity contribution is 0.0526. The average Bonchev–Trinajstić information content (AvgIpc) is 3.16. The van der Waals surface area contributed by atoms with Crippen LogP contribution in [0, 0.1) is 0 Å². The highest BCUT2D eigenvalue weighted by molar-refractivity contribution is 7.17. The minimum atomic E-state index is -0.787. The zero-order chi connectivity index (χ0) is 24.2. The quantitative estimate of drug-likeness (QED) is 0.380. The van der Waals surface area contributed by atoms with Gasteiger partial charge in [0.15, 0.2) is 0 Å². The van der Waals surface area contributed by atoms with Gasteiger partial charge in [-0.1, -0.05) is 59.6 Å². The molecule has 0 radical (unpaired) electrons. The van der Waals surface area contributed by atoms with E-state index in [4.69, 9.17) is 27.9 Å². The van der Waals surface area contributed by atoms with Gasteiger partial charge in [-0.25, -0.2) is 9.59 Å². The lowest BCUT2D eigenvalue weighted by Crippen LogP contribution is -2.34. The molecule has 0 saturated carbocycles. The molecule has 0 saturated heterocycles. The van der Waals surface area contributed by atoms with Crippen molar-refractivity contribution >= 4 is 57.4 Å². The molecule has 9 heteroatoms. The number of anilines is 1. The number of imide groups is 1. The Labute approximate surface area is 211 Å². The molecule has 0 bridgehead atoms. The van der Waals surface area contributed by atoms with E-state index < -0.39 is 17.9 Å². The van der Waals surface area contributed by atoms with Crippen LogP contribution in [0.3, 0.4) is 0 Å². The molecule has 6 nitrogen and oxygen atoms in total. The molecule has 1 aliphatic rings. The van der Waals surface area contributed by atoms with E-state index in [1.807, 2.05) is 18.2 Å². The number of urea groups is 1. The Morgan fingerprint density at radius 2 is 1.74 bits per heavy atom. The molecule has 1 aromatic heterocycles. The van der Waals surface area contributed by atoms with Crippen molar-refractivity contribution in [3.05, 3.63) is 85.7 Å². The van der Waals surface area contributed by atoms with Crippen molar-refractivity contribution in [2.45, 2.75) is 32.1 Å². The van der Waals surface area contributed by atoms with Gasteiger partial charge in [0.1, 0.15) is 5.00 Å². The van der Waals surface area contributed by atoms with Crippen LogP contribution in [0.4, 0.5) is 9.80 Å². The maximum atomic E-state index is 12.8. The van der Waals surface area contributed by atoms with Crippen LogP contribution in [0.2, 0.25) is 10.0 Å². The standard InChI is InChI=1S/C25H22Cl2N2O4S/c1-2-33-24(31)20-16-12-11-15(14-7-4-3-5-8-14)13-19(16)34-23(20)29-25(32)28-22(30)21-17(26)9-6-10-18(21)27/h3-10,15H,2,11-13H2,1H3,(H2,28,29,30,32). The monoisotopic (exact) mass is 516 g/mol. The third-order valence-electron chi connectivity index (χ3n) is 5.66. The van der Waals surface area contributed by atoms with Gasteiger partial charge in [-0.05, 0) is 55.4 Å². The highest BCUT2D eigenvalue weighted by atomic mass is 35.5. The van der Waals surface area contributed by atoms with Crippen LogP contribution in [0.25, 0.3) is 0 Å². The fourth-order valence-electron chi connectivity index (χ4n) is 4.12. The topological polar surface area (TPSA) is 84.5 Å². The van der Waals surface area contributed by atoms with E-state index in [2.05, 4.69) is 22.8 Å². The predicted molar refractivity (Wildman–Crippen MR) is 134 cm³/mol. The lowest BCUT2D eigenvalue weighted by Gasteiger charge is -2.23. The minimum Gasteiger partial charge on any atom is -0.462 e. The molecule has 34 heavy (non-hydrogen) atoms. The summed E-state index contributed by atoms with van der Waals surface area (Å²) in [5.41, 5.74) is 2.50. The Kier molecular flexibility index (Phi) is 7.56. The molecule has 2 aromatic carbocycles. The number of hydrogen-bond acceptors (Lipinski definition) is 5. The Morgan fingerprint density at radius 1 is 1.03 bits per heavy atom. The number of fused-ring (bicyclic) bond motifs is 1. The van der Waals surface area contributed by atoms with E-state index >= 15 is 0 Å². The van der Waals surface area contributed by atoms with E-state index in [1.54, 1.807) is 13.0 Å². The molecule has 4 rings (SSSR count). The first-order valence-corrected chi connectivity index (χ1v) is 12.4. The third kappa shape index (κ3) is 5.12. The molecule has 0 fully saturated rings. The van der Waals surface area contributed by atoms with Gasteiger partial charge < -0.3 is 4.74 Å². The molecule has 1 atom stereocenters. The van der Waals surface area contributed by atoms with Crippen molar-refractivity contribution in [3.63, 3.8) is 0 Å². The summed E-state index contributed by atoms with van der Waals surface area (Å²) >= 11 is 13.5. The third-order valence-corrected chi connectivity index (χ3v) is 7.46. The summed E-state index contributed by atoms with van der Waals surface area (Å²) in [6.07, 6.45) is 2.33. The van der Waals surface area contributed by atoms with Gasteiger partial charge in [-0.3, -0.25) is 15.4 Å². The summed E-state index contributed by atoms with van der Waals surface area (Å²) in [5.74, 6) is -0.904. The normalized spacial score (nSPS) is 14.7. The summed E-state index contributed by atoms with van der Waals surface area (Å²) < 4.78 is 5.26. The predicted octanol–water partition coefficient (Wildman–Crippen LogP) is 6.47. The first kappa shape index (κ1) is 24.3. The number of carbonyl (C=O) groups is 3. The van der Waals surface area contributed by atoms with Gasteiger partial charge in [-0.2, -0.15) is 0 Å². The van der Waals surface area contributed by atoms with E-state index in [0.29, 0.717) is 22.9 Å². The molecule has 0 aliphatic heterocycles. The number of nitrogens with one attached hydrogen (secondary N) is 2. The lowest BCUT2D eigenvalue weighted by atomic mass is 9.83. The van der Waals surface area contributed by atoms with Crippen LogP contribution in [0.5, 0.6) is 0 Å². The van der Waals surface area contributed by atoms with Crippen LogP contribution in [-0.2, 0) is 17.6 Å².